The molecule has 2 heterocycles. The van der Waals surface area contributed by atoms with Crippen molar-refractivity contribution in [3.63, 3.8) is 0 Å². The van der Waals surface area contributed by atoms with Crippen molar-refractivity contribution >= 4 is 34.6 Å². The predicted molar refractivity (Wildman–Crippen MR) is 106 cm³/mol. The molecule has 0 aliphatic heterocycles. The maximum atomic E-state index is 12.9. The van der Waals surface area contributed by atoms with Crippen molar-refractivity contribution in [1.29, 1.82) is 5.26 Å². The summed E-state index contributed by atoms with van der Waals surface area (Å²) in [7, 11) is 0. The van der Waals surface area contributed by atoms with Crippen molar-refractivity contribution in [3.8, 4) is 11.9 Å². The quantitative estimate of drug-likeness (QED) is 0.613. The third kappa shape index (κ3) is 3.74. The van der Waals surface area contributed by atoms with Crippen molar-refractivity contribution in [1.82, 2.24) is 9.55 Å². The molecule has 0 fully saturated rings. The van der Waals surface area contributed by atoms with Crippen LogP contribution < -0.4 is 5.56 Å². The number of nitriles is 1. The van der Waals surface area contributed by atoms with Crippen molar-refractivity contribution in [2.75, 3.05) is 0 Å². The average molecular weight is 414 g/mol. The van der Waals surface area contributed by atoms with Gasteiger partial charge in [0.2, 0.25) is 5.88 Å². The van der Waals surface area contributed by atoms with Gasteiger partial charge in [0.25, 0.3) is 5.56 Å². The highest BCUT2D eigenvalue weighted by molar-refractivity contribution is 6.43. The molecule has 0 saturated heterocycles. The van der Waals surface area contributed by atoms with Gasteiger partial charge in [-0.05, 0) is 30.7 Å². The van der Waals surface area contributed by atoms with E-state index in [9.17, 15) is 15.2 Å². The number of benzene rings is 1. The molecular weight excluding hydrogens is 401 g/mol. The molecule has 0 atom stereocenters. The summed E-state index contributed by atoms with van der Waals surface area (Å²) in [6.45, 7) is 1.54. The Morgan fingerprint density at radius 3 is 2.71 bits per heavy atom. The first-order valence-corrected chi connectivity index (χ1v) is 8.80. The molecule has 3 rings (SSSR count). The topological polar surface area (TPSA) is 104 Å². The number of rotatable bonds is 4. The van der Waals surface area contributed by atoms with Gasteiger partial charge in [-0.2, -0.15) is 5.26 Å². The second-order valence-corrected chi connectivity index (χ2v) is 6.59. The largest absolute Gasteiger partial charge is 0.493 e. The van der Waals surface area contributed by atoms with E-state index < -0.39 is 11.4 Å². The number of nitrogens with zero attached hydrogens (tertiary/aromatic N) is 5. The lowest BCUT2D eigenvalue weighted by Gasteiger charge is -2.13. The predicted octanol–water partition coefficient (Wildman–Crippen LogP) is 4.90. The Labute approximate surface area is 170 Å². The van der Waals surface area contributed by atoms with Crippen LogP contribution in [0.15, 0.2) is 57.7 Å². The number of aromatic hydroxyl groups is 1. The van der Waals surface area contributed by atoms with Crippen LogP contribution in [0.1, 0.15) is 16.7 Å². The molecule has 28 heavy (non-hydrogen) atoms. The number of aromatic nitrogens is 2. The average Bonchev–Trinajstić information content (AvgIpc) is 2.69. The van der Waals surface area contributed by atoms with Gasteiger partial charge >= 0.3 is 0 Å². The van der Waals surface area contributed by atoms with Crippen LogP contribution in [0.25, 0.3) is 0 Å². The number of pyridine rings is 2. The van der Waals surface area contributed by atoms with Crippen LogP contribution in [0.3, 0.4) is 0 Å². The van der Waals surface area contributed by atoms with Crippen LogP contribution in [-0.4, -0.2) is 14.7 Å². The van der Waals surface area contributed by atoms with Crippen LogP contribution in [0.4, 0.5) is 11.4 Å². The van der Waals surface area contributed by atoms with Crippen molar-refractivity contribution in [2.24, 2.45) is 10.2 Å². The Hall–Kier alpha value is -3.21. The second-order valence-electron chi connectivity index (χ2n) is 5.81. The van der Waals surface area contributed by atoms with Gasteiger partial charge < -0.3 is 5.11 Å². The van der Waals surface area contributed by atoms with Gasteiger partial charge in [0.15, 0.2) is 5.69 Å². The standard InChI is InChI=1S/C19H13Cl2N5O2/c1-11-13(8-22)18(27)26(10-12-4-3-7-23-9-12)19(28)17(11)25-24-15-6-2-5-14(20)16(15)21/h2-7,9,27H,10H2,1H3. The van der Waals surface area contributed by atoms with Crippen LogP contribution >= 0.6 is 23.2 Å². The molecule has 0 unspecified atom stereocenters. The van der Waals surface area contributed by atoms with Gasteiger partial charge in [0.1, 0.15) is 17.3 Å². The Balaban J connectivity index is 2.14. The van der Waals surface area contributed by atoms with E-state index in [2.05, 4.69) is 15.2 Å². The number of hydrogen-bond acceptors (Lipinski definition) is 6. The third-order valence-electron chi connectivity index (χ3n) is 4.02. The summed E-state index contributed by atoms with van der Waals surface area (Å²) in [4.78, 5) is 16.9. The Morgan fingerprint density at radius 1 is 1.25 bits per heavy atom. The number of halogens is 2. The van der Waals surface area contributed by atoms with E-state index in [1.165, 1.54) is 6.92 Å². The summed E-state index contributed by atoms with van der Waals surface area (Å²) >= 11 is 12.1. The highest BCUT2D eigenvalue weighted by Gasteiger charge is 2.19. The van der Waals surface area contributed by atoms with Gasteiger partial charge in [-0.25, -0.2) is 0 Å². The molecule has 0 bridgehead atoms. The number of hydrogen-bond donors (Lipinski definition) is 1. The summed E-state index contributed by atoms with van der Waals surface area (Å²) in [5.74, 6) is -0.436. The first kappa shape index (κ1) is 19.5. The van der Waals surface area contributed by atoms with E-state index in [-0.39, 0.29) is 34.1 Å². The van der Waals surface area contributed by atoms with E-state index in [4.69, 9.17) is 23.2 Å². The Morgan fingerprint density at radius 2 is 2.04 bits per heavy atom. The van der Waals surface area contributed by atoms with Crippen molar-refractivity contribution in [2.45, 2.75) is 13.5 Å². The van der Waals surface area contributed by atoms with E-state index in [1.54, 1.807) is 42.7 Å². The maximum Gasteiger partial charge on any atom is 0.281 e. The minimum atomic E-state index is -0.597. The Bertz CT molecular complexity index is 1170. The molecule has 9 heteroatoms. The van der Waals surface area contributed by atoms with Crippen LogP contribution in [0.5, 0.6) is 5.88 Å². The molecule has 0 spiro atoms. The summed E-state index contributed by atoms with van der Waals surface area (Å²) in [6, 6.07) is 10.2. The molecule has 0 aliphatic carbocycles. The Kier molecular flexibility index (Phi) is 5.73. The molecule has 0 saturated carbocycles. The molecule has 0 aliphatic rings. The van der Waals surface area contributed by atoms with Gasteiger partial charge in [0.05, 0.1) is 16.6 Å². The lowest BCUT2D eigenvalue weighted by molar-refractivity contribution is 0.412. The second kappa shape index (κ2) is 8.21. The third-order valence-corrected chi connectivity index (χ3v) is 4.83. The highest BCUT2D eigenvalue weighted by atomic mass is 35.5. The fraction of sp³-hybridized carbons (Fsp3) is 0.105. The minimum absolute atomic E-state index is 0.0217. The van der Waals surface area contributed by atoms with Gasteiger partial charge in [-0.3, -0.25) is 14.3 Å². The summed E-state index contributed by atoms with van der Waals surface area (Å²) in [5.41, 5.74) is 0.435. The zero-order valence-corrected chi connectivity index (χ0v) is 16.1. The first-order valence-electron chi connectivity index (χ1n) is 8.05. The van der Waals surface area contributed by atoms with Crippen LogP contribution in [0.2, 0.25) is 10.0 Å². The fourth-order valence-corrected chi connectivity index (χ4v) is 2.88. The van der Waals surface area contributed by atoms with E-state index >= 15 is 0 Å². The minimum Gasteiger partial charge on any atom is -0.493 e. The maximum absolute atomic E-state index is 12.9. The van der Waals surface area contributed by atoms with Gasteiger partial charge in [0, 0.05) is 18.0 Å². The molecule has 140 valence electrons. The molecular formula is C19H13Cl2N5O2. The summed E-state index contributed by atoms with van der Waals surface area (Å²) in [6.07, 6.45) is 3.15. The summed E-state index contributed by atoms with van der Waals surface area (Å²) < 4.78 is 1.05. The molecule has 0 radical (unpaired) electrons. The lowest BCUT2D eigenvalue weighted by atomic mass is 10.1. The van der Waals surface area contributed by atoms with Gasteiger partial charge in [-0.1, -0.05) is 35.3 Å². The lowest BCUT2D eigenvalue weighted by Crippen LogP contribution is -2.22. The molecule has 7 nitrogen and oxygen atoms in total. The zero-order valence-electron chi connectivity index (χ0n) is 14.6. The first-order chi connectivity index (χ1) is 13.4. The normalized spacial score (nSPS) is 10.9. The van der Waals surface area contributed by atoms with Crippen LogP contribution in [-0.2, 0) is 6.54 Å². The molecule has 3 aromatic rings. The van der Waals surface area contributed by atoms with E-state index in [0.29, 0.717) is 10.6 Å². The SMILES string of the molecule is Cc1c(C#N)c(O)n(Cc2cccnc2)c(=O)c1N=Nc1cccc(Cl)c1Cl. The fourth-order valence-electron chi connectivity index (χ4n) is 2.55. The summed E-state index contributed by atoms with van der Waals surface area (Å²) in [5, 5.41) is 28.3. The highest BCUT2D eigenvalue weighted by Crippen LogP contribution is 2.33. The van der Waals surface area contributed by atoms with Crippen molar-refractivity contribution in [3.05, 3.63) is 79.8 Å². The molecule has 1 N–H and O–H groups in total. The molecule has 0 amide bonds. The molecule has 2 aromatic heterocycles. The smallest absolute Gasteiger partial charge is 0.281 e. The monoisotopic (exact) mass is 413 g/mol. The van der Waals surface area contributed by atoms with Crippen molar-refractivity contribution < 1.29 is 5.11 Å². The zero-order chi connectivity index (χ0) is 20.3. The van der Waals surface area contributed by atoms with E-state index in [1.807, 2.05) is 6.07 Å². The van der Waals surface area contributed by atoms with Crippen LogP contribution in [0, 0.1) is 18.3 Å². The van der Waals surface area contributed by atoms with E-state index in [0.717, 1.165) is 4.57 Å². The number of azo groups is 1. The van der Waals surface area contributed by atoms with Gasteiger partial charge in [-0.15, -0.1) is 10.2 Å². The molecule has 1 aromatic carbocycles.